The van der Waals surface area contributed by atoms with Crippen LogP contribution in [0.15, 0.2) is 84.6 Å². The number of rotatable bonds is 13. The van der Waals surface area contributed by atoms with Gasteiger partial charge < -0.3 is 25.2 Å². The average molecular weight is 503 g/mol. The van der Waals surface area contributed by atoms with Gasteiger partial charge in [0.05, 0.1) is 19.3 Å². The molecule has 3 N–H and O–H groups in total. The summed E-state index contributed by atoms with van der Waals surface area (Å²) in [7, 11) is 0. The van der Waals surface area contributed by atoms with E-state index in [2.05, 4.69) is 22.8 Å². The number of amides is 2. The molecule has 0 fully saturated rings. The zero-order valence-corrected chi connectivity index (χ0v) is 21.3. The molecule has 0 aliphatic heterocycles. The summed E-state index contributed by atoms with van der Waals surface area (Å²) in [6.45, 7) is 4.32. The number of carbonyl (C=O) groups excluding carboxylic acids is 2. The predicted molar refractivity (Wildman–Crippen MR) is 144 cm³/mol. The smallest absolute Gasteiger partial charge is 0.267 e. The van der Waals surface area contributed by atoms with Crippen molar-refractivity contribution >= 4 is 17.9 Å². The number of carbonyl (C=O) groups is 2. The lowest BCUT2D eigenvalue weighted by molar-refractivity contribution is -0.117. The second-order valence-corrected chi connectivity index (χ2v) is 8.69. The highest BCUT2D eigenvalue weighted by atomic mass is 16.5. The number of hydrogen-bond donors (Lipinski definition) is 3. The van der Waals surface area contributed by atoms with Gasteiger partial charge in [0.2, 0.25) is 0 Å². The molecule has 0 saturated heterocycles. The molecule has 0 saturated carbocycles. The summed E-state index contributed by atoms with van der Waals surface area (Å²) >= 11 is 0. The third kappa shape index (κ3) is 9.46. The zero-order chi connectivity index (χ0) is 26.5. The third-order valence-corrected chi connectivity index (χ3v) is 5.29. The lowest BCUT2D eigenvalue weighted by Gasteiger charge is -2.12. The molecule has 7 nitrogen and oxygen atoms in total. The Kier molecular flexibility index (Phi) is 10.7. The fourth-order valence-electron chi connectivity index (χ4n) is 3.51. The summed E-state index contributed by atoms with van der Waals surface area (Å²) in [4.78, 5) is 25.5. The molecule has 0 radical (unpaired) electrons. The van der Waals surface area contributed by atoms with E-state index >= 15 is 0 Å². The van der Waals surface area contributed by atoms with Crippen LogP contribution in [0.4, 0.5) is 0 Å². The van der Waals surface area contributed by atoms with Crippen molar-refractivity contribution in [3.05, 3.63) is 101 Å². The molecule has 0 aliphatic carbocycles. The third-order valence-electron chi connectivity index (χ3n) is 5.29. The quantitative estimate of drug-likeness (QED) is 0.238. The molecule has 0 aliphatic rings. The van der Waals surface area contributed by atoms with Crippen molar-refractivity contribution in [2.24, 2.45) is 0 Å². The van der Waals surface area contributed by atoms with Crippen molar-refractivity contribution in [2.45, 2.75) is 32.8 Å². The first-order chi connectivity index (χ1) is 17.9. The van der Waals surface area contributed by atoms with Crippen LogP contribution in [0, 0.1) is 0 Å². The number of ether oxygens (including phenoxy) is 2. The largest absolute Gasteiger partial charge is 0.494 e. The summed E-state index contributed by atoms with van der Waals surface area (Å²) in [5, 5.41) is 14.3. The highest BCUT2D eigenvalue weighted by Crippen LogP contribution is 2.17. The first kappa shape index (κ1) is 27.5. The van der Waals surface area contributed by atoms with Crippen molar-refractivity contribution in [2.75, 3.05) is 19.8 Å². The van der Waals surface area contributed by atoms with Crippen LogP contribution in [-0.2, 0) is 11.2 Å². The first-order valence-electron chi connectivity index (χ1n) is 12.4. The Morgan fingerprint density at radius 3 is 2.24 bits per heavy atom. The average Bonchev–Trinajstić information content (AvgIpc) is 2.91. The van der Waals surface area contributed by atoms with Gasteiger partial charge in [0, 0.05) is 12.1 Å². The Morgan fingerprint density at radius 1 is 0.919 bits per heavy atom. The van der Waals surface area contributed by atoms with Gasteiger partial charge >= 0.3 is 0 Å². The Bertz CT molecular complexity index is 1160. The SMILES string of the molecule is CC(C)Oc1ccc(C=C(NC(=O)c2ccc(OCCCc3ccccc3)cc2)C(=O)NCCO)cc1. The molecule has 0 atom stereocenters. The molecule has 7 heteroatoms. The summed E-state index contributed by atoms with van der Waals surface area (Å²) < 4.78 is 11.4. The van der Waals surface area contributed by atoms with Crippen LogP contribution in [0.3, 0.4) is 0 Å². The van der Waals surface area contributed by atoms with E-state index in [0.717, 1.165) is 12.8 Å². The van der Waals surface area contributed by atoms with Crippen LogP contribution in [0.1, 0.15) is 41.8 Å². The van der Waals surface area contributed by atoms with Gasteiger partial charge in [-0.1, -0.05) is 42.5 Å². The van der Waals surface area contributed by atoms with Gasteiger partial charge in [-0.25, -0.2) is 0 Å². The van der Waals surface area contributed by atoms with E-state index in [1.54, 1.807) is 54.6 Å². The maximum absolute atomic E-state index is 12.9. The Morgan fingerprint density at radius 2 is 1.59 bits per heavy atom. The van der Waals surface area contributed by atoms with Crippen molar-refractivity contribution < 1.29 is 24.2 Å². The van der Waals surface area contributed by atoms with Gasteiger partial charge in [-0.2, -0.15) is 0 Å². The monoisotopic (exact) mass is 502 g/mol. The molecule has 0 heterocycles. The molecule has 194 valence electrons. The van der Waals surface area contributed by atoms with E-state index in [1.807, 2.05) is 32.0 Å². The predicted octanol–water partition coefficient (Wildman–Crippen LogP) is 4.36. The van der Waals surface area contributed by atoms with Gasteiger partial charge in [0.15, 0.2) is 0 Å². The van der Waals surface area contributed by atoms with E-state index < -0.39 is 11.8 Å². The molecule has 3 rings (SSSR count). The number of nitrogens with one attached hydrogen (secondary N) is 2. The second-order valence-electron chi connectivity index (χ2n) is 8.69. The molecule has 3 aromatic carbocycles. The van der Waals surface area contributed by atoms with E-state index in [9.17, 15) is 9.59 Å². The molecule has 3 aromatic rings. The summed E-state index contributed by atoms with van der Waals surface area (Å²) in [5.41, 5.74) is 2.44. The fourth-order valence-corrected chi connectivity index (χ4v) is 3.51. The van der Waals surface area contributed by atoms with Crippen molar-refractivity contribution in [3.8, 4) is 11.5 Å². The minimum Gasteiger partial charge on any atom is -0.494 e. The summed E-state index contributed by atoms with van der Waals surface area (Å²) in [6, 6.07) is 24.2. The van der Waals surface area contributed by atoms with E-state index in [0.29, 0.717) is 29.2 Å². The Labute approximate surface area is 218 Å². The lowest BCUT2D eigenvalue weighted by atomic mass is 10.1. The maximum atomic E-state index is 12.9. The number of aryl methyl sites for hydroxylation is 1. The van der Waals surface area contributed by atoms with E-state index in [-0.39, 0.29) is 25.0 Å². The second kappa shape index (κ2) is 14.5. The zero-order valence-electron chi connectivity index (χ0n) is 21.3. The topological polar surface area (TPSA) is 96.9 Å². The van der Waals surface area contributed by atoms with Crippen LogP contribution in [0.2, 0.25) is 0 Å². The fraction of sp³-hybridized carbons (Fsp3) is 0.267. The van der Waals surface area contributed by atoms with Crippen LogP contribution < -0.4 is 20.1 Å². The van der Waals surface area contributed by atoms with Crippen LogP contribution in [-0.4, -0.2) is 42.8 Å². The summed E-state index contributed by atoms with van der Waals surface area (Å²) in [5.74, 6) is 0.457. The van der Waals surface area contributed by atoms with Gasteiger partial charge in [-0.15, -0.1) is 0 Å². The Balaban J connectivity index is 1.61. The Hall–Kier alpha value is -4.10. The minimum atomic E-state index is -0.497. The summed E-state index contributed by atoms with van der Waals surface area (Å²) in [6.07, 6.45) is 3.44. The van der Waals surface area contributed by atoms with Crippen molar-refractivity contribution in [1.82, 2.24) is 10.6 Å². The molecular formula is C30H34N2O5. The van der Waals surface area contributed by atoms with Crippen LogP contribution in [0.25, 0.3) is 6.08 Å². The number of hydrogen-bond acceptors (Lipinski definition) is 5. The molecule has 2 amide bonds. The number of aliphatic hydroxyl groups excluding tert-OH is 1. The van der Waals surface area contributed by atoms with Crippen LogP contribution >= 0.6 is 0 Å². The van der Waals surface area contributed by atoms with E-state index in [4.69, 9.17) is 14.6 Å². The van der Waals surface area contributed by atoms with Crippen molar-refractivity contribution in [1.29, 1.82) is 0 Å². The molecule has 0 unspecified atom stereocenters. The van der Waals surface area contributed by atoms with Gasteiger partial charge in [-0.3, -0.25) is 9.59 Å². The van der Waals surface area contributed by atoms with Gasteiger partial charge in [-0.05, 0) is 80.3 Å². The highest BCUT2D eigenvalue weighted by molar-refractivity contribution is 6.05. The maximum Gasteiger partial charge on any atom is 0.267 e. The molecule has 0 aromatic heterocycles. The van der Waals surface area contributed by atoms with Crippen LogP contribution in [0.5, 0.6) is 11.5 Å². The van der Waals surface area contributed by atoms with Gasteiger partial charge in [0.1, 0.15) is 17.2 Å². The highest BCUT2D eigenvalue weighted by Gasteiger charge is 2.15. The number of aliphatic hydroxyl groups is 1. The van der Waals surface area contributed by atoms with Gasteiger partial charge in [0.25, 0.3) is 11.8 Å². The molecule has 0 bridgehead atoms. The lowest BCUT2D eigenvalue weighted by Crippen LogP contribution is -2.36. The normalized spacial score (nSPS) is 11.2. The minimum absolute atomic E-state index is 0.0478. The van der Waals surface area contributed by atoms with Crippen molar-refractivity contribution in [3.63, 3.8) is 0 Å². The van der Waals surface area contributed by atoms with E-state index in [1.165, 1.54) is 5.56 Å². The molecule has 37 heavy (non-hydrogen) atoms. The molecular weight excluding hydrogens is 468 g/mol. The molecule has 0 spiro atoms. The standard InChI is InChI=1S/C30H34N2O5/c1-22(2)37-27-14-10-24(11-15-27)21-28(30(35)31-18-19-33)32-29(34)25-12-16-26(17-13-25)36-20-6-9-23-7-4-3-5-8-23/h3-5,7-8,10-17,21-22,33H,6,9,18-20H2,1-2H3,(H,31,35)(H,32,34). The number of benzene rings is 3. The first-order valence-corrected chi connectivity index (χ1v) is 12.4.